The predicted molar refractivity (Wildman–Crippen MR) is 113 cm³/mol. The van der Waals surface area contributed by atoms with Crippen LogP contribution in [-0.4, -0.2) is 53.2 Å². The third kappa shape index (κ3) is 10.5. The lowest BCUT2D eigenvalue weighted by Crippen LogP contribution is -2.55. The summed E-state index contributed by atoms with van der Waals surface area (Å²) in [6, 6.07) is -1.44. The maximum Gasteiger partial charge on any atom is 0.242 e. The third-order valence-electron chi connectivity index (χ3n) is 3.77. The lowest BCUT2D eigenvalue weighted by Gasteiger charge is -2.25. The van der Waals surface area contributed by atoms with Crippen LogP contribution in [0, 0.1) is 11.3 Å². The molecule has 0 saturated heterocycles. The van der Waals surface area contributed by atoms with Crippen molar-refractivity contribution < 1.29 is 19.2 Å². The molecule has 0 fully saturated rings. The molecular weight excluding hydrogens is 463 g/mol. The van der Waals surface area contributed by atoms with Gasteiger partial charge in [-0.3, -0.25) is 19.2 Å². The van der Waals surface area contributed by atoms with Gasteiger partial charge in [0.1, 0.15) is 12.1 Å². The molecule has 4 amide bonds. The lowest BCUT2D eigenvalue weighted by molar-refractivity contribution is -0.134. The van der Waals surface area contributed by atoms with Crippen molar-refractivity contribution in [3.8, 4) is 0 Å². The molecule has 27 heavy (non-hydrogen) atoms. The van der Waals surface area contributed by atoms with Gasteiger partial charge in [0, 0.05) is 18.5 Å². The number of hydrogen-bond acceptors (Lipinski definition) is 4. The van der Waals surface area contributed by atoms with Gasteiger partial charge in [-0.05, 0) is 19.3 Å². The van der Waals surface area contributed by atoms with Crippen molar-refractivity contribution in [2.24, 2.45) is 11.3 Å². The Morgan fingerprint density at radius 2 is 1.44 bits per heavy atom. The van der Waals surface area contributed by atoms with Gasteiger partial charge in [-0.2, -0.15) is 0 Å². The average molecular weight is 496 g/mol. The van der Waals surface area contributed by atoms with Crippen molar-refractivity contribution in [2.45, 2.75) is 60.0 Å². The number of rotatable bonds is 10. The zero-order chi connectivity index (χ0) is 21.2. The van der Waals surface area contributed by atoms with Gasteiger partial charge >= 0.3 is 0 Å². The maximum atomic E-state index is 12.4. The Kier molecular flexibility index (Phi) is 11.5. The van der Waals surface area contributed by atoms with Crippen molar-refractivity contribution in [1.82, 2.24) is 21.3 Å². The zero-order valence-electron chi connectivity index (χ0n) is 17.1. The van der Waals surface area contributed by atoms with Crippen molar-refractivity contribution >= 4 is 46.2 Å². The van der Waals surface area contributed by atoms with E-state index in [0.717, 1.165) is 0 Å². The van der Waals surface area contributed by atoms with Crippen LogP contribution in [0.1, 0.15) is 48.0 Å². The van der Waals surface area contributed by atoms with E-state index in [4.69, 9.17) is 0 Å². The largest absolute Gasteiger partial charge is 0.355 e. The van der Waals surface area contributed by atoms with Crippen LogP contribution in [0.3, 0.4) is 0 Å². The van der Waals surface area contributed by atoms with E-state index >= 15 is 0 Å². The lowest BCUT2D eigenvalue weighted by atomic mass is 9.95. The summed E-state index contributed by atoms with van der Waals surface area (Å²) in [5, 5.41) is 10.9. The van der Waals surface area contributed by atoms with E-state index in [9.17, 15) is 19.2 Å². The van der Waals surface area contributed by atoms with Gasteiger partial charge in [-0.25, -0.2) is 0 Å². The highest BCUT2D eigenvalue weighted by atomic mass is 127. The molecule has 8 nitrogen and oxygen atoms in total. The molecule has 0 unspecified atom stereocenters. The van der Waals surface area contributed by atoms with Gasteiger partial charge in [0.25, 0.3) is 0 Å². The minimum absolute atomic E-state index is 0.0412. The molecule has 0 bridgehead atoms. The van der Waals surface area contributed by atoms with E-state index in [2.05, 4.69) is 21.3 Å². The fraction of sp³-hybridized carbons (Fsp3) is 0.778. The topological polar surface area (TPSA) is 116 Å². The fourth-order valence-corrected chi connectivity index (χ4v) is 2.25. The Labute approximate surface area is 175 Å². The van der Waals surface area contributed by atoms with Crippen molar-refractivity contribution in [1.29, 1.82) is 0 Å². The predicted octanol–water partition coefficient (Wildman–Crippen LogP) is 0.736. The first-order valence-electron chi connectivity index (χ1n) is 9.11. The summed E-state index contributed by atoms with van der Waals surface area (Å²) in [6.45, 7) is 11.4. The number of halogens is 1. The maximum absolute atomic E-state index is 12.4. The number of alkyl halides is 1. The molecule has 0 aliphatic rings. The second-order valence-electron chi connectivity index (χ2n) is 7.80. The Hall–Kier alpha value is -1.39. The summed E-state index contributed by atoms with van der Waals surface area (Å²) in [4.78, 5) is 47.9. The molecule has 9 heteroatoms. The van der Waals surface area contributed by atoms with Crippen LogP contribution in [0.5, 0.6) is 0 Å². The molecule has 0 radical (unpaired) electrons. The van der Waals surface area contributed by atoms with Crippen LogP contribution >= 0.6 is 22.6 Å². The van der Waals surface area contributed by atoms with Crippen LogP contribution in [-0.2, 0) is 19.2 Å². The van der Waals surface area contributed by atoms with Crippen molar-refractivity contribution in [3.63, 3.8) is 0 Å². The minimum Gasteiger partial charge on any atom is -0.355 e. The first kappa shape index (κ1) is 25.6. The van der Waals surface area contributed by atoms with Crippen LogP contribution in [0.2, 0.25) is 0 Å². The molecule has 0 aliphatic heterocycles. The summed E-state index contributed by atoms with van der Waals surface area (Å²) in [5.74, 6) is -1.08. The molecule has 2 atom stereocenters. The monoisotopic (exact) mass is 496 g/mol. The first-order valence-corrected chi connectivity index (χ1v) is 10.6. The van der Waals surface area contributed by atoms with Gasteiger partial charge in [-0.15, -0.1) is 0 Å². The van der Waals surface area contributed by atoms with Crippen LogP contribution < -0.4 is 21.3 Å². The van der Waals surface area contributed by atoms with E-state index in [-0.39, 0.29) is 23.6 Å². The summed E-state index contributed by atoms with van der Waals surface area (Å²) in [7, 11) is 0. The Bertz CT molecular complexity index is 532. The Morgan fingerprint density at radius 3 is 1.93 bits per heavy atom. The van der Waals surface area contributed by atoms with Crippen molar-refractivity contribution in [3.05, 3.63) is 0 Å². The van der Waals surface area contributed by atoms with E-state index in [1.54, 1.807) is 27.7 Å². The van der Waals surface area contributed by atoms with E-state index < -0.39 is 23.4 Å². The van der Waals surface area contributed by atoms with Crippen LogP contribution in [0.4, 0.5) is 0 Å². The molecule has 0 saturated carbocycles. The summed E-state index contributed by atoms with van der Waals surface area (Å²) in [6.07, 6.45) is 0.602. The summed E-state index contributed by atoms with van der Waals surface area (Å²) < 4.78 is 0.398. The Balaban J connectivity index is 4.53. The highest BCUT2D eigenvalue weighted by Gasteiger charge is 2.29. The minimum atomic E-state index is -0.741. The van der Waals surface area contributed by atoms with E-state index in [1.165, 1.54) is 0 Å². The molecule has 156 valence electrons. The highest BCUT2D eigenvalue weighted by Crippen LogP contribution is 2.13. The van der Waals surface area contributed by atoms with Crippen molar-refractivity contribution in [2.75, 3.05) is 17.5 Å². The zero-order valence-corrected chi connectivity index (χ0v) is 19.2. The van der Waals surface area contributed by atoms with Gasteiger partial charge in [0.15, 0.2) is 0 Å². The standard InChI is InChI=1S/C18H33IN4O4/c1-11(2)14(16(26)21-9-7-8-20-13(24)10-19)23-15(25)12(3)22-17(27)18(4,5)6/h11-12,14H,7-10H2,1-6H3,(H,20,24)(H,21,26)(H,22,27)(H,23,25)/t12-,14-/m1/s1. The van der Waals surface area contributed by atoms with Crippen LogP contribution in [0.25, 0.3) is 0 Å². The van der Waals surface area contributed by atoms with Gasteiger partial charge in [0.05, 0.1) is 4.43 Å². The van der Waals surface area contributed by atoms with Gasteiger partial charge < -0.3 is 21.3 Å². The fourth-order valence-electron chi connectivity index (χ4n) is 1.98. The van der Waals surface area contributed by atoms with Gasteiger partial charge in [-0.1, -0.05) is 57.2 Å². The third-order valence-corrected chi connectivity index (χ3v) is 4.46. The average Bonchev–Trinajstić information content (AvgIpc) is 2.57. The first-order chi connectivity index (χ1) is 12.4. The summed E-state index contributed by atoms with van der Waals surface area (Å²) in [5.41, 5.74) is -0.601. The molecule has 0 heterocycles. The second kappa shape index (κ2) is 12.1. The quantitative estimate of drug-likeness (QED) is 0.203. The smallest absolute Gasteiger partial charge is 0.242 e. The highest BCUT2D eigenvalue weighted by molar-refractivity contribution is 14.1. The molecule has 0 aromatic heterocycles. The van der Waals surface area contributed by atoms with Gasteiger partial charge in [0.2, 0.25) is 23.6 Å². The summed E-state index contributed by atoms with van der Waals surface area (Å²) >= 11 is 1.98. The molecule has 0 aromatic rings. The van der Waals surface area contributed by atoms with E-state index in [1.807, 2.05) is 36.4 Å². The second-order valence-corrected chi connectivity index (χ2v) is 8.57. The molecular formula is C18H33IN4O4. The normalized spacial score (nSPS) is 13.5. The number of hydrogen-bond donors (Lipinski definition) is 4. The van der Waals surface area contributed by atoms with E-state index in [0.29, 0.717) is 23.9 Å². The molecule has 0 aliphatic carbocycles. The molecule has 4 N–H and O–H groups in total. The SMILES string of the molecule is CC(C)[C@@H](NC(=O)[C@@H](C)NC(=O)C(C)(C)C)C(=O)NCCCNC(=O)CI. The number of carbonyl (C=O) groups is 4. The Morgan fingerprint density at radius 1 is 0.889 bits per heavy atom. The number of carbonyl (C=O) groups excluding carboxylic acids is 4. The number of nitrogens with one attached hydrogen (secondary N) is 4. The number of amides is 4. The molecule has 0 aromatic carbocycles. The molecule has 0 spiro atoms. The van der Waals surface area contributed by atoms with Crippen LogP contribution in [0.15, 0.2) is 0 Å². The molecule has 0 rings (SSSR count).